The molecular formula is C30H52O7P2. The van der Waals surface area contributed by atoms with Gasteiger partial charge in [-0.25, -0.2) is 9.13 Å². The van der Waals surface area contributed by atoms with Gasteiger partial charge >= 0.3 is 15.6 Å². The van der Waals surface area contributed by atoms with Crippen molar-refractivity contribution < 1.29 is 32.6 Å². The molecular weight excluding hydrogens is 534 g/mol. The summed E-state index contributed by atoms with van der Waals surface area (Å²) in [5.41, 5.74) is 6.50. The molecule has 0 amide bonds. The molecule has 0 radical (unpaired) electrons. The highest BCUT2D eigenvalue weighted by molar-refractivity contribution is 7.60. The summed E-state index contributed by atoms with van der Waals surface area (Å²) in [6.45, 7) is 16.9. The van der Waals surface area contributed by atoms with E-state index in [9.17, 15) is 14.0 Å². The molecule has 0 aromatic heterocycles. The molecule has 0 heterocycles. The summed E-state index contributed by atoms with van der Waals surface area (Å²) >= 11 is 0. The number of rotatable bonds is 18. The van der Waals surface area contributed by atoms with E-state index in [1.165, 1.54) is 27.9 Å². The predicted octanol–water partition coefficient (Wildman–Crippen LogP) is 9.36. The molecule has 0 aromatic carbocycles. The molecule has 4 atom stereocenters. The Morgan fingerprint density at radius 3 is 1.69 bits per heavy atom. The molecule has 1 fully saturated rings. The third kappa shape index (κ3) is 15.5. The van der Waals surface area contributed by atoms with Crippen LogP contribution in [0.1, 0.15) is 107 Å². The van der Waals surface area contributed by atoms with Crippen LogP contribution in [0.5, 0.6) is 0 Å². The minimum Gasteiger partial charge on any atom is -0.302 e. The van der Waals surface area contributed by atoms with Gasteiger partial charge in [0.2, 0.25) is 0 Å². The van der Waals surface area contributed by atoms with Gasteiger partial charge in [0.05, 0.1) is 6.61 Å². The molecule has 1 saturated carbocycles. The van der Waals surface area contributed by atoms with Crippen molar-refractivity contribution in [2.75, 3.05) is 6.61 Å². The van der Waals surface area contributed by atoms with Crippen molar-refractivity contribution in [3.05, 3.63) is 58.2 Å². The molecule has 1 rings (SSSR count). The Bertz CT molecular complexity index is 1040. The maximum atomic E-state index is 12.0. The van der Waals surface area contributed by atoms with Gasteiger partial charge in [-0.2, -0.15) is 4.31 Å². The summed E-state index contributed by atoms with van der Waals surface area (Å²) in [6.07, 6.45) is 19.1. The molecule has 224 valence electrons. The molecule has 7 nitrogen and oxygen atoms in total. The summed E-state index contributed by atoms with van der Waals surface area (Å²) in [5.74, 6) is 0.101. The molecule has 0 spiro atoms. The van der Waals surface area contributed by atoms with Crippen LogP contribution in [-0.2, 0) is 18.0 Å². The maximum absolute atomic E-state index is 12.0. The van der Waals surface area contributed by atoms with Gasteiger partial charge in [-0.1, -0.05) is 65.2 Å². The van der Waals surface area contributed by atoms with Gasteiger partial charge in [-0.15, -0.1) is 0 Å². The van der Waals surface area contributed by atoms with E-state index in [1.807, 2.05) is 0 Å². The molecule has 9 heteroatoms. The minimum absolute atomic E-state index is 0.0472. The molecule has 0 bridgehead atoms. The lowest BCUT2D eigenvalue weighted by Gasteiger charge is -2.14. The van der Waals surface area contributed by atoms with Crippen LogP contribution in [0.2, 0.25) is 0 Å². The average molecular weight is 587 g/mol. The number of phosphoric ester groups is 1. The van der Waals surface area contributed by atoms with Crippen LogP contribution in [0.3, 0.4) is 0 Å². The Morgan fingerprint density at radius 2 is 1.21 bits per heavy atom. The first-order valence-corrected chi connectivity index (χ1v) is 17.0. The highest BCUT2D eigenvalue weighted by Gasteiger charge is 2.59. The van der Waals surface area contributed by atoms with E-state index < -0.39 is 15.6 Å². The molecule has 1 unspecified atom stereocenters. The Hall–Kier alpha value is -1.04. The Kier molecular flexibility index (Phi) is 15.1. The average Bonchev–Trinajstić information content (AvgIpc) is 3.31. The lowest BCUT2D eigenvalue weighted by molar-refractivity contribution is 0.166. The van der Waals surface area contributed by atoms with E-state index in [1.54, 1.807) is 0 Å². The number of phosphoric acid groups is 2. The Labute approximate surface area is 237 Å². The summed E-state index contributed by atoms with van der Waals surface area (Å²) in [6, 6.07) is 0. The zero-order valence-corrected chi connectivity index (χ0v) is 27.1. The monoisotopic (exact) mass is 586 g/mol. The second kappa shape index (κ2) is 16.4. The molecule has 1 aliphatic rings. The zero-order chi connectivity index (χ0) is 29.9. The van der Waals surface area contributed by atoms with Crippen molar-refractivity contribution in [2.45, 2.75) is 107 Å². The molecule has 0 saturated heterocycles. The van der Waals surface area contributed by atoms with Crippen LogP contribution >= 0.6 is 15.6 Å². The molecule has 3 N–H and O–H groups in total. The third-order valence-corrected chi connectivity index (χ3v) is 9.57. The molecule has 0 aromatic rings. The lowest BCUT2D eigenvalue weighted by Crippen LogP contribution is -2.04. The second-order valence-electron chi connectivity index (χ2n) is 11.8. The summed E-state index contributed by atoms with van der Waals surface area (Å²) in [7, 11) is -10.0. The topological polar surface area (TPSA) is 113 Å². The van der Waals surface area contributed by atoms with E-state index >= 15 is 0 Å². The molecule has 1 aliphatic carbocycles. The van der Waals surface area contributed by atoms with Crippen molar-refractivity contribution in [3.63, 3.8) is 0 Å². The van der Waals surface area contributed by atoms with Gasteiger partial charge in [0.1, 0.15) is 0 Å². The van der Waals surface area contributed by atoms with Gasteiger partial charge in [0.15, 0.2) is 0 Å². The fourth-order valence-corrected chi connectivity index (χ4v) is 6.54. The maximum Gasteiger partial charge on any atom is 0.481 e. The number of hydrogen-bond acceptors (Lipinski definition) is 4. The highest BCUT2D eigenvalue weighted by Crippen LogP contribution is 2.65. The SMILES string of the molecule is CC(C)=CCCC(C)=CCC/C(C)=C/[C@H]1[C@H](COP(=O)(O)OP(=O)(O)O)[C@@]1(C)CC/C=C(\C)CCC=C(C)C. The summed E-state index contributed by atoms with van der Waals surface area (Å²) < 4.78 is 32.1. The van der Waals surface area contributed by atoms with Crippen LogP contribution in [0.15, 0.2) is 58.2 Å². The number of allylic oxidation sites excluding steroid dienone is 10. The van der Waals surface area contributed by atoms with Gasteiger partial charge in [-0.05, 0) is 117 Å². The molecule has 0 aliphatic heterocycles. The zero-order valence-electron chi connectivity index (χ0n) is 25.3. The molecule has 39 heavy (non-hydrogen) atoms. The van der Waals surface area contributed by atoms with E-state index in [0.717, 1.165) is 51.4 Å². The first-order chi connectivity index (χ1) is 17.9. The third-order valence-electron chi connectivity index (χ3n) is 7.41. The van der Waals surface area contributed by atoms with Crippen LogP contribution in [-0.4, -0.2) is 21.3 Å². The van der Waals surface area contributed by atoms with E-state index in [-0.39, 0.29) is 23.9 Å². The summed E-state index contributed by atoms with van der Waals surface area (Å²) in [5, 5.41) is 0. The van der Waals surface area contributed by atoms with E-state index in [2.05, 4.69) is 90.1 Å². The Balaban J connectivity index is 2.85. The number of hydrogen-bond donors (Lipinski definition) is 3. The van der Waals surface area contributed by atoms with Gasteiger partial charge < -0.3 is 14.7 Å². The first kappa shape index (κ1) is 36.0. The standard InChI is InChI=1S/C30H52O7P2/c1-23(2)13-9-15-25(5)17-11-18-27(7)21-28-29(22-36-39(34,35)37-38(31,32)33)30(28,8)20-12-19-26(6)16-10-14-24(3)4/h13-14,17,19,21,28-29H,9-12,15-16,18,20,22H2,1-8H3,(H,34,35)(H2,31,32,33)/b25-17?,26-19+,27-21+/t28-,29-,30-/m0/s1. The van der Waals surface area contributed by atoms with Crippen LogP contribution in [0, 0.1) is 17.3 Å². The van der Waals surface area contributed by atoms with Gasteiger partial charge in [0.25, 0.3) is 0 Å². The smallest absolute Gasteiger partial charge is 0.302 e. The minimum atomic E-state index is -5.15. The summed E-state index contributed by atoms with van der Waals surface area (Å²) in [4.78, 5) is 27.6. The van der Waals surface area contributed by atoms with E-state index in [0.29, 0.717) is 0 Å². The second-order valence-corrected chi connectivity index (χ2v) is 14.6. The lowest BCUT2D eigenvalue weighted by atomic mass is 9.95. The van der Waals surface area contributed by atoms with Crippen molar-refractivity contribution in [1.82, 2.24) is 0 Å². The predicted molar refractivity (Wildman–Crippen MR) is 161 cm³/mol. The van der Waals surface area contributed by atoms with Gasteiger partial charge in [0, 0.05) is 0 Å². The van der Waals surface area contributed by atoms with Gasteiger partial charge in [-0.3, -0.25) is 4.52 Å². The first-order valence-electron chi connectivity index (χ1n) is 13.9. The highest BCUT2D eigenvalue weighted by atomic mass is 31.3. The van der Waals surface area contributed by atoms with Crippen molar-refractivity contribution >= 4 is 15.6 Å². The van der Waals surface area contributed by atoms with Crippen molar-refractivity contribution in [2.24, 2.45) is 17.3 Å². The largest absolute Gasteiger partial charge is 0.481 e. The fraction of sp³-hybridized carbons (Fsp3) is 0.667. The van der Waals surface area contributed by atoms with Crippen molar-refractivity contribution in [3.8, 4) is 0 Å². The fourth-order valence-electron chi connectivity index (χ4n) is 4.93. The van der Waals surface area contributed by atoms with E-state index in [4.69, 9.17) is 14.3 Å². The van der Waals surface area contributed by atoms with Crippen LogP contribution in [0.25, 0.3) is 0 Å². The van der Waals surface area contributed by atoms with Crippen LogP contribution in [0.4, 0.5) is 0 Å². The quantitative estimate of drug-likeness (QED) is 0.108. The van der Waals surface area contributed by atoms with Crippen LogP contribution < -0.4 is 0 Å². The Morgan fingerprint density at radius 1 is 0.744 bits per heavy atom. The normalized spacial score (nSPS) is 23.8. The van der Waals surface area contributed by atoms with Crippen molar-refractivity contribution in [1.29, 1.82) is 0 Å².